The number of aromatic nitrogens is 5. The van der Waals surface area contributed by atoms with Gasteiger partial charge < -0.3 is 9.30 Å². The number of pyridine rings is 1. The van der Waals surface area contributed by atoms with E-state index in [0.29, 0.717) is 46.6 Å². The van der Waals surface area contributed by atoms with Crippen molar-refractivity contribution in [2.24, 2.45) is 5.92 Å². The lowest BCUT2D eigenvalue weighted by Crippen LogP contribution is -2.52. The van der Waals surface area contributed by atoms with Crippen LogP contribution in [-0.4, -0.2) is 55.1 Å². The first-order chi connectivity index (χ1) is 16.5. The van der Waals surface area contributed by atoms with Gasteiger partial charge in [-0.25, -0.2) is 19.3 Å². The lowest BCUT2D eigenvalue weighted by molar-refractivity contribution is -0.00789. The third kappa shape index (κ3) is 3.81. The first kappa shape index (κ1) is 21.2. The Kier molecular flexibility index (Phi) is 5.25. The summed E-state index contributed by atoms with van der Waals surface area (Å²) in [6.45, 7) is 7.30. The Morgan fingerprint density at radius 3 is 2.65 bits per heavy atom. The van der Waals surface area contributed by atoms with Crippen molar-refractivity contribution >= 4 is 11.2 Å². The molecule has 1 atom stereocenters. The number of hydrogen-bond acceptors (Lipinski definition) is 6. The number of aryl methyl sites for hydroxylation is 2. The van der Waals surface area contributed by atoms with Gasteiger partial charge in [0.2, 0.25) is 0 Å². The largest absolute Gasteiger partial charge is 0.489 e. The number of imidazole rings is 1. The Balaban J connectivity index is 1.34. The molecule has 2 bridgehead atoms. The van der Waals surface area contributed by atoms with Crippen LogP contribution in [0, 0.1) is 25.6 Å². The Bertz CT molecular complexity index is 1350. The number of benzene rings is 1. The molecule has 7 nitrogen and oxygen atoms in total. The van der Waals surface area contributed by atoms with E-state index in [1.807, 2.05) is 42.7 Å². The van der Waals surface area contributed by atoms with Crippen molar-refractivity contribution in [2.75, 3.05) is 19.6 Å². The quantitative estimate of drug-likeness (QED) is 0.447. The molecule has 1 aromatic carbocycles. The van der Waals surface area contributed by atoms with Gasteiger partial charge in [0.15, 0.2) is 5.65 Å². The number of nitrogens with zero attached hydrogens (tertiary/aromatic N) is 6. The molecule has 3 fully saturated rings. The van der Waals surface area contributed by atoms with Crippen molar-refractivity contribution in [2.45, 2.75) is 39.3 Å². The van der Waals surface area contributed by atoms with E-state index in [-0.39, 0.29) is 11.9 Å². The summed E-state index contributed by atoms with van der Waals surface area (Å²) in [6.07, 6.45) is 5.95. The summed E-state index contributed by atoms with van der Waals surface area (Å²) in [6, 6.07) is 9.02. The highest BCUT2D eigenvalue weighted by molar-refractivity contribution is 5.79. The fraction of sp³-hybridized carbons (Fsp3) is 0.385. The van der Waals surface area contributed by atoms with Gasteiger partial charge in [-0.15, -0.1) is 0 Å². The molecule has 0 aliphatic carbocycles. The van der Waals surface area contributed by atoms with Crippen LogP contribution in [0.25, 0.3) is 22.6 Å². The highest BCUT2D eigenvalue weighted by Gasteiger charge is 2.35. The zero-order chi connectivity index (χ0) is 23.2. The summed E-state index contributed by atoms with van der Waals surface area (Å²) in [7, 11) is 0. The Morgan fingerprint density at radius 2 is 1.94 bits per heavy atom. The summed E-state index contributed by atoms with van der Waals surface area (Å²) >= 11 is 0. The third-order valence-corrected chi connectivity index (χ3v) is 7.04. The highest BCUT2D eigenvalue weighted by atomic mass is 19.1. The van der Waals surface area contributed by atoms with E-state index in [1.54, 1.807) is 12.4 Å². The zero-order valence-corrected chi connectivity index (χ0v) is 19.4. The van der Waals surface area contributed by atoms with Crippen LogP contribution in [0.3, 0.4) is 0 Å². The average Bonchev–Trinajstić information content (AvgIpc) is 3.21. The second kappa shape index (κ2) is 8.43. The Labute approximate surface area is 197 Å². The van der Waals surface area contributed by atoms with Gasteiger partial charge in [-0.2, -0.15) is 0 Å². The molecule has 174 valence electrons. The summed E-state index contributed by atoms with van der Waals surface area (Å²) < 4.78 is 23.5. The average molecular weight is 459 g/mol. The van der Waals surface area contributed by atoms with Crippen LogP contribution in [0.1, 0.15) is 29.9 Å². The summed E-state index contributed by atoms with van der Waals surface area (Å²) in [5.41, 5.74) is 3.61. The van der Waals surface area contributed by atoms with Crippen molar-refractivity contribution in [3.8, 4) is 17.1 Å². The van der Waals surface area contributed by atoms with E-state index in [0.717, 1.165) is 43.7 Å². The van der Waals surface area contributed by atoms with Crippen molar-refractivity contribution in [1.29, 1.82) is 0 Å². The molecule has 6 heterocycles. The molecular weight excluding hydrogens is 431 g/mol. The number of rotatable bonds is 5. The SMILES string of the molecule is Cc1nc(C)c2nc(-c3cccnc3)n(Cc3ccc(O[C@@H]4CN5CCC4CC5)cc3F)c2n1. The molecule has 3 aliphatic heterocycles. The van der Waals surface area contributed by atoms with E-state index >= 15 is 4.39 Å². The van der Waals surface area contributed by atoms with Gasteiger partial charge in [0, 0.05) is 36.1 Å². The maximum atomic E-state index is 15.3. The van der Waals surface area contributed by atoms with Crippen LogP contribution >= 0.6 is 0 Å². The normalized spacial score (nSPS) is 21.8. The van der Waals surface area contributed by atoms with E-state index in [4.69, 9.17) is 9.72 Å². The maximum Gasteiger partial charge on any atom is 0.164 e. The van der Waals surface area contributed by atoms with Crippen LogP contribution in [0.5, 0.6) is 5.75 Å². The minimum absolute atomic E-state index is 0.144. The van der Waals surface area contributed by atoms with Gasteiger partial charge in [0.1, 0.15) is 34.8 Å². The minimum atomic E-state index is -0.291. The second-order valence-corrected chi connectivity index (χ2v) is 9.34. The van der Waals surface area contributed by atoms with Gasteiger partial charge in [-0.1, -0.05) is 6.07 Å². The first-order valence-electron chi connectivity index (χ1n) is 11.8. The van der Waals surface area contributed by atoms with Crippen molar-refractivity contribution in [3.63, 3.8) is 0 Å². The molecule has 34 heavy (non-hydrogen) atoms. The number of halogens is 1. The molecule has 0 saturated carbocycles. The van der Waals surface area contributed by atoms with Crippen molar-refractivity contribution in [3.05, 3.63) is 65.6 Å². The summed E-state index contributed by atoms with van der Waals surface area (Å²) in [5.74, 6) is 2.22. The predicted octanol–water partition coefficient (Wildman–Crippen LogP) is 4.17. The van der Waals surface area contributed by atoms with E-state index in [9.17, 15) is 0 Å². The molecule has 7 rings (SSSR count). The lowest BCUT2D eigenvalue weighted by atomic mass is 9.86. The van der Waals surface area contributed by atoms with Crippen LogP contribution in [-0.2, 0) is 6.54 Å². The molecule has 0 radical (unpaired) electrons. The molecule has 4 aromatic rings. The Morgan fingerprint density at radius 1 is 1.09 bits per heavy atom. The molecule has 0 unspecified atom stereocenters. The third-order valence-electron chi connectivity index (χ3n) is 7.04. The fourth-order valence-corrected chi connectivity index (χ4v) is 5.26. The van der Waals surface area contributed by atoms with Gasteiger partial charge >= 0.3 is 0 Å². The molecule has 0 N–H and O–H groups in total. The number of fused-ring (bicyclic) bond motifs is 4. The summed E-state index contributed by atoms with van der Waals surface area (Å²) in [4.78, 5) is 20.6. The van der Waals surface area contributed by atoms with Gasteiger partial charge in [-0.3, -0.25) is 9.88 Å². The second-order valence-electron chi connectivity index (χ2n) is 9.34. The number of hydrogen-bond donors (Lipinski definition) is 0. The highest BCUT2D eigenvalue weighted by Crippen LogP contribution is 2.32. The lowest BCUT2D eigenvalue weighted by Gasteiger charge is -2.44. The predicted molar refractivity (Wildman–Crippen MR) is 127 cm³/mol. The molecule has 3 aliphatic rings. The maximum absolute atomic E-state index is 15.3. The molecule has 8 heteroatoms. The summed E-state index contributed by atoms with van der Waals surface area (Å²) in [5, 5.41) is 0. The fourth-order valence-electron chi connectivity index (χ4n) is 5.26. The monoisotopic (exact) mass is 458 g/mol. The smallest absolute Gasteiger partial charge is 0.164 e. The van der Waals surface area contributed by atoms with E-state index in [2.05, 4.69) is 19.9 Å². The minimum Gasteiger partial charge on any atom is -0.489 e. The van der Waals surface area contributed by atoms with Crippen LogP contribution in [0.2, 0.25) is 0 Å². The molecule has 0 spiro atoms. The number of ether oxygens (including phenoxy) is 1. The van der Waals surface area contributed by atoms with Crippen LogP contribution in [0.15, 0.2) is 42.7 Å². The first-order valence-corrected chi connectivity index (χ1v) is 11.8. The molecule has 3 saturated heterocycles. The topological polar surface area (TPSA) is 69.0 Å². The van der Waals surface area contributed by atoms with E-state index in [1.165, 1.54) is 6.07 Å². The van der Waals surface area contributed by atoms with Gasteiger partial charge in [-0.05, 0) is 63.9 Å². The molecule has 3 aromatic heterocycles. The van der Waals surface area contributed by atoms with E-state index < -0.39 is 0 Å². The van der Waals surface area contributed by atoms with Gasteiger partial charge in [0.25, 0.3) is 0 Å². The van der Waals surface area contributed by atoms with Crippen molar-refractivity contribution < 1.29 is 9.13 Å². The standard InChI is InChI=1S/C26H27FN6O/c1-16-24-26(30-17(2)29-16)33(25(31-24)19-4-3-9-28-13-19)14-20-5-6-21(12-22(20)27)34-23-15-32-10-7-18(23)8-11-32/h3-6,9,12-13,18,23H,7-8,10-11,14-15H2,1-2H3/t23-/m1/s1. The van der Waals surface area contributed by atoms with Crippen LogP contribution in [0.4, 0.5) is 4.39 Å². The number of piperidine rings is 3. The zero-order valence-electron chi connectivity index (χ0n) is 19.4. The molecular formula is C26H27FN6O. The Hall–Kier alpha value is -3.39. The van der Waals surface area contributed by atoms with Crippen LogP contribution < -0.4 is 4.74 Å². The van der Waals surface area contributed by atoms with Gasteiger partial charge in [0.05, 0.1) is 12.2 Å². The van der Waals surface area contributed by atoms with Crippen molar-refractivity contribution in [1.82, 2.24) is 29.4 Å². The molecule has 0 amide bonds.